The van der Waals surface area contributed by atoms with Crippen molar-refractivity contribution in [1.82, 2.24) is 0 Å². The summed E-state index contributed by atoms with van der Waals surface area (Å²) >= 11 is 3.37. The van der Waals surface area contributed by atoms with Crippen LogP contribution >= 0.6 is 112 Å². The predicted molar refractivity (Wildman–Crippen MR) is 427 cm³/mol. The number of Topliss-reactive ketones (excluding diaryl/α,β-unsaturated/α-hetero) is 4. The molecule has 12 rings (SSSR count). The summed E-state index contributed by atoms with van der Waals surface area (Å²) in [5.74, 6) is -0.624. The van der Waals surface area contributed by atoms with E-state index in [1.165, 1.54) is 177 Å². The van der Waals surface area contributed by atoms with E-state index in [9.17, 15) is 57.8 Å². The van der Waals surface area contributed by atoms with Crippen LogP contribution in [-0.4, -0.2) is 53.2 Å². The van der Waals surface area contributed by atoms with Crippen LogP contribution in [0.3, 0.4) is 0 Å². The first kappa shape index (κ1) is 83.9. The first-order chi connectivity index (χ1) is 45.9. The van der Waals surface area contributed by atoms with Crippen LogP contribution in [0.2, 0.25) is 0 Å². The number of methoxy groups -OCH3 is 1. The molecule has 0 aliphatic heterocycles. The number of halogens is 5. The molecular weight excluding hydrogens is 1790 g/mol. The summed E-state index contributed by atoms with van der Waals surface area (Å²) in [6, 6.07) is 23.9. The molecule has 23 heteroatoms. The summed E-state index contributed by atoms with van der Waals surface area (Å²) in [6.45, 7) is 0. The van der Waals surface area contributed by atoms with E-state index < -0.39 is 17.8 Å². The first-order valence-electron chi connectivity index (χ1n) is 33.5. The molecule has 0 spiro atoms. The molecule has 532 valence electrons. The Balaban J connectivity index is 0.000000235. The van der Waals surface area contributed by atoms with Gasteiger partial charge < -0.3 is 33.2 Å². The Kier molecular flexibility index (Phi) is 35.0. The highest BCUT2D eigenvalue weighted by atomic mass is 127. The number of hydrogen-bond acceptors (Lipinski definition) is 16. The molecule has 0 unspecified atom stereocenters. The van der Waals surface area contributed by atoms with Gasteiger partial charge in [0.05, 0.1) is 38.7 Å². The van der Waals surface area contributed by atoms with Gasteiger partial charge in [-0.15, -0.1) is 95.9 Å². The molecule has 0 radical (unpaired) electrons. The quantitative estimate of drug-likeness (QED) is 0.0432. The molecule has 0 bridgehead atoms. The van der Waals surface area contributed by atoms with Crippen molar-refractivity contribution in [3.8, 4) is 0 Å². The van der Waals surface area contributed by atoms with Crippen LogP contribution in [0.5, 0.6) is 0 Å². The summed E-state index contributed by atoms with van der Waals surface area (Å²) in [5, 5.41) is 10.4. The van der Waals surface area contributed by atoms with Crippen molar-refractivity contribution in [2.24, 2.45) is 29.4 Å². The number of carboxylic acids is 1. The lowest BCUT2D eigenvalue weighted by molar-refractivity contribution is 0.0599. The van der Waals surface area contributed by atoms with Crippen molar-refractivity contribution >= 4 is 197 Å². The third kappa shape index (κ3) is 23.1. The third-order valence-corrected chi connectivity index (χ3v) is 19.6. The molecule has 0 atom stereocenters. The Bertz CT molecular complexity index is 4240. The molecule has 99 heavy (non-hydrogen) atoms. The number of ether oxygens (including phenoxy) is 1. The van der Waals surface area contributed by atoms with Crippen molar-refractivity contribution in [2.75, 3.05) is 7.11 Å². The van der Waals surface area contributed by atoms with E-state index in [1.807, 2.05) is 6.07 Å². The summed E-state index contributed by atoms with van der Waals surface area (Å²) in [4.78, 5) is 133. The summed E-state index contributed by atoms with van der Waals surface area (Å²) in [7, 11) is 1.26. The van der Waals surface area contributed by atoms with Gasteiger partial charge in [0.15, 0.2) is 90.2 Å². The van der Waals surface area contributed by atoms with Crippen molar-refractivity contribution in [3.63, 3.8) is 0 Å². The predicted octanol–water partition coefficient (Wildman–Crippen LogP) is 19.2. The van der Waals surface area contributed by atoms with Crippen LogP contribution in [-0.2, 0) is 4.74 Å². The van der Waals surface area contributed by atoms with Gasteiger partial charge in [-0.1, -0.05) is 153 Å². The van der Waals surface area contributed by atoms with E-state index >= 15 is 0 Å². The number of hydrogen-bond donors (Lipinski definition) is 2. The van der Waals surface area contributed by atoms with Crippen molar-refractivity contribution in [3.05, 3.63) is 182 Å². The van der Waals surface area contributed by atoms with E-state index in [4.69, 9.17) is 28.1 Å². The highest BCUT2D eigenvalue weighted by molar-refractivity contribution is 14.0. The Morgan fingerprint density at radius 1 is 0.404 bits per heavy atom. The number of primary amides is 1. The molecule has 1 amide bonds. The highest BCUT2D eigenvalue weighted by Gasteiger charge is 2.25. The fourth-order valence-corrected chi connectivity index (χ4v) is 14.0. The Hall–Kier alpha value is -5.79. The zero-order valence-corrected chi connectivity index (χ0v) is 66.3. The van der Waals surface area contributed by atoms with Crippen LogP contribution in [0.15, 0.2) is 138 Å². The number of benzene rings is 4. The second-order valence-corrected chi connectivity index (χ2v) is 26.4. The summed E-state index contributed by atoms with van der Waals surface area (Å²) < 4.78 is 27.8. The Morgan fingerprint density at radius 2 is 0.667 bits per heavy atom. The van der Waals surface area contributed by atoms with Crippen LogP contribution in [0.25, 0.3) is 43.9 Å². The minimum absolute atomic E-state index is 0. The summed E-state index contributed by atoms with van der Waals surface area (Å²) in [5.41, 5.74) is 4.91. The molecule has 18 nitrogen and oxygen atoms in total. The molecule has 8 aromatic rings. The smallest absolute Gasteiger partial charge is 0.341 e. The lowest BCUT2D eigenvalue weighted by atomic mass is 9.85. The molecule has 4 fully saturated rings. The van der Waals surface area contributed by atoms with E-state index in [2.05, 4.69) is 15.9 Å². The molecule has 4 aromatic heterocycles. The van der Waals surface area contributed by atoms with Crippen molar-refractivity contribution < 1.29 is 61.1 Å². The van der Waals surface area contributed by atoms with Crippen LogP contribution in [0.4, 0.5) is 0 Å². The standard InChI is InChI=1S/C20H22O5.C19H21NO4.C19H20O5.C18H19BrO3.4HI/c1-24-20(23)15-9-5-8-14-17(22)12-18(25-19(14)15)16(21)11-10-13-6-3-2-4-7-13;20-19(23)14-8-4-7-13-16(22)11-17(24-18(13)14)15(21)10-9-12-5-2-1-3-6-12;20-15(10-9-12-5-2-1-3-6-12)17-11-16(21)13-7-4-8-14(19(22)23)18(13)24-17;19-14-8-4-7-13-16(21)11-17(22-18(13)14)15(20)10-9-12-5-2-1-3-6-12;;;;/h5,8-9,12-13H,2-4,6-7,10-11H2,1H3;4,7-8,11-12H,1-3,5-6,9-10H2,(H2,20,23);4,7-8,11-12H,1-3,5-6,9-10H2,(H,22,23);4,7-8,11-12H,1-3,5-6,9-10H2;4*1H. The first-order valence-corrected chi connectivity index (χ1v) is 34.3. The third-order valence-electron chi connectivity index (χ3n) is 19.0. The lowest BCUT2D eigenvalue weighted by Crippen LogP contribution is -2.14. The van der Waals surface area contributed by atoms with Gasteiger partial charge in [0.25, 0.3) is 5.91 Å². The SMILES string of the molecule is COC(=O)c1cccc2c(=O)cc(C(=O)CCC3CCCCC3)oc12.I.I.I.I.NC(=O)c1cccc2c(=O)cc(C(=O)CCC3CCCCC3)oc12.O=C(CCC1CCCCC1)c1cc(=O)c2cccc(Br)c2o1.O=C(CCC1CCCCC1)c1cc(=O)c2cccc(C(=O)O)c2o1. The van der Waals surface area contributed by atoms with Crippen molar-refractivity contribution in [2.45, 2.75) is 180 Å². The number of nitrogens with two attached hydrogens (primary N) is 1. The average Bonchev–Trinajstić information content (AvgIpc) is 0.814. The van der Waals surface area contributed by atoms with E-state index in [1.54, 1.807) is 36.4 Å². The molecule has 4 aliphatic carbocycles. The number of carboxylic acid groups (broad SMARTS) is 1. The Labute approximate surface area is 650 Å². The van der Waals surface area contributed by atoms with Gasteiger partial charge in [0.2, 0.25) is 0 Å². The fourth-order valence-electron chi connectivity index (χ4n) is 13.6. The number of carbonyl (C=O) groups is 7. The van der Waals surface area contributed by atoms with Gasteiger partial charge in [0, 0.05) is 49.9 Å². The normalized spacial score (nSPS) is 14.9. The maximum Gasteiger partial charge on any atom is 0.341 e. The van der Waals surface area contributed by atoms with E-state index in [0.29, 0.717) is 64.8 Å². The number of aromatic carboxylic acids is 1. The molecular formula is C76H86BrI4NO17. The largest absolute Gasteiger partial charge is 0.478 e. The second kappa shape index (κ2) is 41.3. The van der Waals surface area contributed by atoms with Gasteiger partial charge in [-0.3, -0.25) is 43.2 Å². The minimum atomic E-state index is -1.18. The van der Waals surface area contributed by atoms with Gasteiger partial charge in [-0.05, 0) is 114 Å². The van der Waals surface area contributed by atoms with Gasteiger partial charge in [0.1, 0.15) is 11.1 Å². The lowest BCUT2D eigenvalue weighted by Gasteiger charge is -2.20. The molecule has 0 saturated heterocycles. The number of para-hydroxylation sites is 4. The van der Waals surface area contributed by atoms with Gasteiger partial charge in [-0.2, -0.15) is 0 Å². The number of ketones is 4. The maximum absolute atomic E-state index is 12.5. The van der Waals surface area contributed by atoms with Crippen LogP contribution in [0, 0.1) is 23.7 Å². The number of carbonyl (C=O) groups excluding carboxylic acids is 6. The van der Waals surface area contributed by atoms with Gasteiger partial charge >= 0.3 is 11.9 Å². The second-order valence-electron chi connectivity index (χ2n) is 25.6. The molecule has 4 aromatic carbocycles. The van der Waals surface area contributed by atoms with Crippen LogP contribution in [0.1, 0.15) is 253 Å². The molecule has 3 N–H and O–H groups in total. The maximum atomic E-state index is 12.5. The Morgan fingerprint density at radius 3 is 0.970 bits per heavy atom. The number of rotatable bonds is 19. The number of esters is 1. The van der Waals surface area contributed by atoms with Crippen LogP contribution < -0.4 is 27.4 Å². The topological polar surface area (TPSA) is 296 Å². The highest BCUT2D eigenvalue weighted by Crippen LogP contribution is 2.33. The fraction of sp³-hybridized carbons (Fsp3) is 0.434. The monoisotopic (exact) mass is 1870 g/mol. The molecule has 4 aliphatic rings. The zero-order valence-electron chi connectivity index (χ0n) is 55.4. The molecule has 4 heterocycles. The summed E-state index contributed by atoms with van der Waals surface area (Å²) in [6.07, 6.45) is 29.3. The number of amides is 1. The van der Waals surface area contributed by atoms with Crippen molar-refractivity contribution in [1.29, 1.82) is 0 Å². The zero-order chi connectivity index (χ0) is 67.5. The van der Waals surface area contributed by atoms with E-state index in [0.717, 1.165) is 38.5 Å². The van der Waals surface area contributed by atoms with E-state index in [-0.39, 0.29) is 213 Å². The average molecular weight is 1870 g/mol. The number of fused-ring (bicyclic) bond motifs is 4. The minimum Gasteiger partial charge on any atom is -0.478 e. The molecule has 4 saturated carbocycles. The van der Waals surface area contributed by atoms with Gasteiger partial charge in [-0.25, -0.2) is 9.59 Å².